The van der Waals surface area contributed by atoms with E-state index in [-0.39, 0.29) is 23.8 Å². The van der Waals surface area contributed by atoms with Crippen LogP contribution < -0.4 is 11.1 Å². The summed E-state index contributed by atoms with van der Waals surface area (Å²) >= 11 is 13.2. The van der Waals surface area contributed by atoms with Crippen LogP contribution in [0.25, 0.3) is 0 Å². The van der Waals surface area contributed by atoms with Crippen LogP contribution in [0.5, 0.6) is 0 Å². The molecule has 0 heterocycles. The molecule has 5 nitrogen and oxygen atoms in total. The smallest absolute Gasteiger partial charge is 0.340 e. The minimum absolute atomic E-state index is 0.138. The van der Waals surface area contributed by atoms with Gasteiger partial charge in [-0.25, -0.2) is 4.79 Å². The fourth-order valence-electron chi connectivity index (χ4n) is 1.86. The summed E-state index contributed by atoms with van der Waals surface area (Å²) < 4.78 is 4.94. The zero-order valence-electron chi connectivity index (χ0n) is 13.1. The van der Waals surface area contributed by atoms with Crippen LogP contribution in [0.1, 0.15) is 10.4 Å². The summed E-state index contributed by atoms with van der Waals surface area (Å²) in [6, 6.07) is 11.9. The monoisotopic (exact) mass is 398 g/mol. The van der Waals surface area contributed by atoms with E-state index < -0.39 is 5.97 Å². The van der Waals surface area contributed by atoms with Gasteiger partial charge in [0.15, 0.2) is 6.61 Å². The van der Waals surface area contributed by atoms with Crippen LogP contribution >= 0.6 is 35.0 Å². The zero-order valence-corrected chi connectivity index (χ0v) is 15.5. The number of carbonyl (C=O) groups excluding carboxylic acids is 2. The molecule has 0 saturated carbocycles. The van der Waals surface area contributed by atoms with E-state index in [1.165, 1.54) is 12.1 Å². The maximum absolute atomic E-state index is 11.9. The number of hydrogen-bond acceptors (Lipinski definition) is 5. The maximum Gasteiger partial charge on any atom is 0.340 e. The van der Waals surface area contributed by atoms with Gasteiger partial charge in [-0.05, 0) is 42.5 Å². The first kappa shape index (κ1) is 19.4. The van der Waals surface area contributed by atoms with Crippen molar-refractivity contribution in [1.29, 1.82) is 0 Å². The predicted molar refractivity (Wildman–Crippen MR) is 101 cm³/mol. The number of thioether (sulfide) groups is 1. The Morgan fingerprint density at radius 3 is 2.48 bits per heavy atom. The number of halogens is 2. The molecule has 0 radical (unpaired) electrons. The number of nitrogen functional groups attached to an aromatic ring is 1. The van der Waals surface area contributed by atoms with Crippen LogP contribution in [0, 0.1) is 0 Å². The van der Waals surface area contributed by atoms with Crippen molar-refractivity contribution in [2.45, 2.75) is 4.90 Å². The van der Waals surface area contributed by atoms with Crippen molar-refractivity contribution >= 4 is 52.5 Å². The standard InChI is InChI=1S/C17H16Cl2N2O3S/c18-11-1-4-13(5-2-11)25-8-7-21-16(22)10-24-17(23)14-9-12(19)3-6-15(14)20/h1-6,9H,7-8,10,20H2,(H,21,22). The van der Waals surface area contributed by atoms with Crippen molar-refractivity contribution in [3.8, 4) is 0 Å². The molecule has 0 bridgehead atoms. The molecular formula is C17H16Cl2N2O3S. The Balaban J connectivity index is 1.69. The Morgan fingerprint density at radius 2 is 1.76 bits per heavy atom. The second kappa shape index (κ2) is 9.56. The first-order chi connectivity index (χ1) is 12.0. The van der Waals surface area contributed by atoms with Gasteiger partial charge in [-0.3, -0.25) is 4.79 Å². The largest absolute Gasteiger partial charge is 0.452 e. The van der Waals surface area contributed by atoms with Crippen LogP contribution in [0.2, 0.25) is 10.0 Å². The van der Waals surface area contributed by atoms with Crippen LogP contribution in [0.15, 0.2) is 47.4 Å². The lowest BCUT2D eigenvalue weighted by molar-refractivity contribution is -0.124. The Labute approximate surface area is 159 Å². The van der Waals surface area contributed by atoms with Crippen LogP contribution in [-0.4, -0.2) is 30.8 Å². The molecule has 8 heteroatoms. The summed E-state index contributed by atoms with van der Waals surface area (Å²) in [7, 11) is 0. The fraction of sp³-hybridized carbons (Fsp3) is 0.176. The number of rotatable bonds is 7. The number of amides is 1. The third kappa shape index (κ3) is 6.49. The van der Waals surface area contributed by atoms with Crippen molar-refractivity contribution in [1.82, 2.24) is 5.32 Å². The molecule has 0 aliphatic carbocycles. The Bertz CT molecular complexity index is 754. The summed E-state index contributed by atoms with van der Waals surface area (Å²) in [4.78, 5) is 24.7. The van der Waals surface area contributed by atoms with Gasteiger partial charge in [0.1, 0.15) is 0 Å². The molecule has 2 aromatic carbocycles. The summed E-state index contributed by atoms with van der Waals surface area (Å²) in [6.45, 7) is 0.0688. The molecule has 0 aliphatic rings. The first-order valence-corrected chi connectivity index (χ1v) is 9.07. The third-order valence-corrected chi connectivity index (χ3v) is 4.58. The summed E-state index contributed by atoms with van der Waals surface area (Å²) in [5, 5.41) is 3.72. The zero-order chi connectivity index (χ0) is 18.2. The van der Waals surface area contributed by atoms with Gasteiger partial charge in [-0.2, -0.15) is 0 Å². The van der Waals surface area contributed by atoms with E-state index >= 15 is 0 Å². The van der Waals surface area contributed by atoms with Gasteiger partial charge in [0, 0.05) is 32.9 Å². The highest BCUT2D eigenvalue weighted by molar-refractivity contribution is 7.99. The molecule has 0 fully saturated rings. The van der Waals surface area contributed by atoms with Crippen molar-refractivity contribution in [2.75, 3.05) is 24.6 Å². The molecule has 2 rings (SSSR count). The Morgan fingerprint density at radius 1 is 1.08 bits per heavy atom. The average Bonchev–Trinajstić information content (AvgIpc) is 2.60. The first-order valence-electron chi connectivity index (χ1n) is 7.33. The second-order valence-electron chi connectivity index (χ2n) is 4.96. The molecule has 0 aliphatic heterocycles. The fourth-order valence-corrected chi connectivity index (χ4v) is 2.92. The lowest BCUT2D eigenvalue weighted by Crippen LogP contribution is -2.30. The second-order valence-corrected chi connectivity index (χ2v) is 7.00. The molecular weight excluding hydrogens is 383 g/mol. The molecule has 3 N–H and O–H groups in total. The molecule has 1 amide bonds. The molecule has 0 spiro atoms. The topological polar surface area (TPSA) is 81.4 Å². The normalized spacial score (nSPS) is 10.3. The number of esters is 1. The van der Waals surface area contributed by atoms with E-state index in [4.69, 9.17) is 33.7 Å². The third-order valence-electron chi connectivity index (χ3n) is 3.08. The van der Waals surface area contributed by atoms with Gasteiger partial charge in [0.05, 0.1) is 5.56 Å². The van der Waals surface area contributed by atoms with Gasteiger partial charge in [0.2, 0.25) is 0 Å². The van der Waals surface area contributed by atoms with Crippen molar-refractivity contribution in [3.63, 3.8) is 0 Å². The van der Waals surface area contributed by atoms with Crippen molar-refractivity contribution in [2.24, 2.45) is 0 Å². The number of nitrogens with one attached hydrogen (secondary N) is 1. The number of nitrogens with two attached hydrogens (primary N) is 1. The molecule has 0 unspecified atom stereocenters. The number of anilines is 1. The molecule has 25 heavy (non-hydrogen) atoms. The molecule has 0 aromatic heterocycles. The maximum atomic E-state index is 11.9. The highest BCUT2D eigenvalue weighted by Crippen LogP contribution is 2.20. The van der Waals surface area contributed by atoms with Crippen LogP contribution in [0.4, 0.5) is 5.69 Å². The van der Waals surface area contributed by atoms with E-state index in [1.54, 1.807) is 17.8 Å². The molecule has 132 valence electrons. The van der Waals surface area contributed by atoms with E-state index in [0.29, 0.717) is 22.3 Å². The minimum Gasteiger partial charge on any atom is -0.452 e. The SMILES string of the molecule is Nc1ccc(Cl)cc1C(=O)OCC(=O)NCCSc1ccc(Cl)cc1. The summed E-state index contributed by atoms with van der Waals surface area (Å²) in [6.07, 6.45) is 0. The van der Waals surface area contributed by atoms with Gasteiger partial charge >= 0.3 is 5.97 Å². The number of hydrogen-bond donors (Lipinski definition) is 2. The summed E-state index contributed by atoms with van der Waals surface area (Å²) in [5.41, 5.74) is 6.07. The molecule has 0 saturated heterocycles. The highest BCUT2D eigenvalue weighted by atomic mass is 35.5. The van der Waals surface area contributed by atoms with E-state index in [2.05, 4.69) is 5.32 Å². The number of carbonyl (C=O) groups is 2. The Hall–Kier alpha value is -1.89. The van der Waals surface area contributed by atoms with E-state index in [0.717, 1.165) is 4.90 Å². The predicted octanol–water partition coefficient (Wildman–Crippen LogP) is 3.64. The minimum atomic E-state index is -0.689. The van der Waals surface area contributed by atoms with E-state index in [1.807, 2.05) is 24.3 Å². The van der Waals surface area contributed by atoms with Gasteiger partial charge in [-0.1, -0.05) is 23.2 Å². The average molecular weight is 399 g/mol. The lowest BCUT2D eigenvalue weighted by Gasteiger charge is -2.08. The van der Waals surface area contributed by atoms with Gasteiger partial charge in [-0.15, -0.1) is 11.8 Å². The van der Waals surface area contributed by atoms with Gasteiger partial charge < -0.3 is 15.8 Å². The summed E-state index contributed by atoms with van der Waals surface area (Å²) in [5.74, 6) is -0.390. The Kier molecular flexibility index (Phi) is 7.43. The van der Waals surface area contributed by atoms with Gasteiger partial charge in [0.25, 0.3) is 5.91 Å². The van der Waals surface area contributed by atoms with Crippen LogP contribution in [0.3, 0.4) is 0 Å². The van der Waals surface area contributed by atoms with Crippen molar-refractivity contribution < 1.29 is 14.3 Å². The number of ether oxygens (including phenoxy) is 1. The molecule has 0 atom stereocenters. The van der Waals surface area contributed by atoms with E-state index in [9.17, 15) is 9.59 Å². The number of benzene rings is 2. The van der Waals surface area contributed by atoms with Crippen LogP contribution in [-0.2, 0) is 9.53 Å². The molecule has 2 aromatic rings. The highest BCUT2D eigenvalue weighted by Gasteiger charge is 2.13. The van der Waals surface area contributed by atoms with Crippen molar-refractivity contribution in [3.05, 3.63) is 58.1 Å². The quantitative estimate of drug-likeness (QED) is 0.322. The lowest BCUT2D eigenvalue weighted by atomic mass is 10.2.